The second kappa shape index (κ2) is 8.23. The average Bonchev–Trinajstić information content (AvgIpc) is 2.23. The van der Waals surface area contributed by atoms with Crippen LogP contribution in [0.15, 0.2) is 0 Å². The first-order valence-electron chi connectivity index (χ1n) is 5.19. The molecule has 88 valence electrons. The van der Waals surface area contributed by atoms with Crippen LogP contribution in [0, 0.1) is 0 Å². The smallest absolute Gasteiger partial charge is 0.306 e. The predicted octanol–water partition coefficient (Wildman–Crippen LogP) is 0.00750. The van der Waals surface area contributed by atoms with Crippen molar-refractivity contribution in [1.82, 2.24) is 10.2 Å². The van der Waals surface area contributed by atoms with Crippen LogP contribution >= 0.6 is 0 Å². The third kappa shape index (κ3) is 6.90. The van der Waals surface area contributed by atoms with Crippen molar-refractivity contribution in [3.63, 3.8) is 0 Å². The number of esters is 1. The van der Waals surface area contributed by atoms with Gasteiger partial charge in [0.25, 0.3) is 0 Å². The number of amides is 1. The molecule has 0 aromatic carbocycles. The van der Waals surface area contributed by atoms with Crippen molar-refractivity contribution >= 4 is 11.9 Å². The van der Waals surface area contributed by atoms with E-state index in [4.69, 9.17) is 0 Å². The summed E-state index contributed by atoms with van der Waals surface area (Å²) in [5.74, 6) is -0.256. The van der Waals surface area contributed by atoms with Crippen molar-refractivity contribution in [2.45, 2.75) is 20.3 Å². The Morgan fingerprint density at radius 2 is 2.00 bits per heavy atom. The van der Waals surface area contributed by atoms with Gasteiger partial charge in [-0.1, -0.05) is 6.92 Å². The molecule has 0 spiro atoms. The molecule has 0 aromatic rings. The predicted molar refractivity (Wildman–Crippen MR) is 57.4 cm³/mol. The number of hydrogen-bond donors (Lipinski definition) is 1. The van der Waals surface area contributed by atoms with E-state index in [0.717, 1.165) is 6.54 Å². The van der Waals surface area contributed by atoms with Crippen LogP contribution in [0.1, 0.15) is 20.3 Å². The molecule has 15 heavy (non-hydrogen) atoms. The van der Waals surface area contributed by atoms with Crippen LogP contribution in [0.25, 0.3) is 0 Å². The van der Waals surface area contributed by atoms with E-state index in [-0.39, 0.29) is 11.9 Å². The Labute approximate surface area is 90.8 Å². The zero-order valence-electron chi connectivity index (χ0n) is 9.71. The quantitative estimate of drug-likeness (QED) is 0.609. The van der Waals surface area contributed by atoms with Crippen LogP contribution in [-0.2, 0) is 14.3 Å². The largest absolute Gasteiger partial charge is 0.469 e. The normalized spacial score (nSPS) is 10.1. The van der Waals surface area contributed by atoms with E-state index in [0.29, 0.717) is 26.1 Å². The van der Waals surface area contributed by atoms with Gasteiger partial charge in [-0.05, 0) is 13.5 Å². The fraction of sp³-hybridized carbons (Fsp3) is 0.800. The molecule has 0 aliphatic carbocycles. The molecule has 0 aliphatic rings. The highest BCUT2D eigenvalue weighted by molar-refractivity contribution is 5.78. The summed E-state index contributed by atoms with van der Waals surface area (Å²) in [6.07, 6.45) is 0.323. The second-order valence-corrected chi connectivity index (χ2v) is 3.15. The molecule has 0 atom stereocenters. The molecule has 1 amide bonds. The number of nitrogens with zero attached hydrogens (tertiary/aromatic N) is 1. The Morgan fingerprint density at radius 3 is 2.47 bits per heavy atom. The lowest BCUT2D eigenvalue weighted by atomic mass is 10.3. The van der Waals surface area contributed by atoms with Crippen LogP contribution in [0.2, 0.25) is 0 Å². The van der Waals surface area contributed by atoms with Gasteiger partial charge in [0, 0.05) is 13.1 Å². The van der Waals surface area contributed by atoms with Crippen molar-refractivity contribution in [3.8, 4) is 0 Å². The molecule has 1 N–H and O–H groups in total. The summed E-state index contributed by atoms with van der Waals surface area (Å²) in [5.41, 5.74) is 0. The van der Waals surface area contributed by atoms with Gasteiger partial charge in [0.1, 0.15) is 0 Å². The van der Waals surface area contributed by atoms with Gasteiger partial charge in [-0.3, -0.25) is 14.5 Å². The minimum absolute atomic E-state index is 0.00999. The van der Waals surface area contributed by atoms with Crippen LogP contribution in [0.4, 0.5) is 0 Å². The highest BCUT2D eigenvalue weighted by Gasteiger charge is 2.10. The van der Waals surface area contributed by atoms with Crippen molar-refractivity contribution in [1.29, 1.82) is 0 Å². The third-order valence-electron chi connectivity index (χ3n) is 2.05. The van der Waals surface area contributed by atoms with Crippen LogP contribution in [0.5, 0.6) is 0 Å². The molecule has 0 unspecified atom stereocenters. The van der Waals surface area contributed by atoms with Gasteiger partial charge in [-0.15, -0.1) is 0 Å². The number of likely N-dealkylation sites (N-methyl/N-ethyl adjacent to an activating group) is 2. The molecule has 0 bridgehead atoms. The Bertz CT molecular complexity index is 207. The summed E-state index contributed by atoms with van der Waals surface area (Å²) >= 11 is 0. The number of methoxy groups -OCH3 is 1. The number of carbonyl (C=O) groups excluding carboxylic acids is 2. The van der Waals surface area contributed by atoms with Crippen LogP contribution < -0.4 is 5.32 Å². The van der Waals surface area contributed by atoms with Gasteiger partial charge < -0.3 is 10.1 Å². The summed E-state index contributed by atoms with van der Waals surface area (Å²) < 4.78 is 4.53. The fourth-order valence-electron chi connectivity index (χ4n) is 1.16. The highest BCUT2D eigenvalue weighted by Crippen LogP contribution is 1.92. The summed E-state index contributed by atoms with van der Waals surface area (Å²) in [5, 5.41) is 2.72. The second-order valence-electron chi connectivity index (χ2n) is 3.15. The molecule has 5 heteroatoms. The van der Waals surface area contributed by atoms with E-state index in [1.807, 2.05) is 18.7 Å². The first-order valence-corrected chi connectivity index (χ1v) is 5.19. The lowest BCUT2D eigenvalue weighted by Crippen LogP contribution is -2.38. The molecule has 0 saturated heterocycles. The zero-order valence-corrected chi connectivity index (χ0v) is 9.71. The number of carbonyl (C=O) groups is 2. The molecule has 0 aliphatic heterocycles. The molecule has 0 radical (unpaired) electrons. The van der Waals surface area contributed by atoms with Crippen LogP contribution in [0.3, 0.4) is 0 Å². The molecule has 0 saturated carbocycles. The lowest BCUT2D eigenvalue weighted by molar-refractivity contribution is -0.141. The minimum atomic E-state index is -0.246. The van der Waals surface area contributed by atoms with Gasteiger partial charge in [0.2, 0.25) is 5.91 Å². The number of nitrogens with one attached hydrogen (secondary N) is 1. The average molecular weight is 216 g/mol. The zero-order chi connectivity index (χ0) is 11.7. The van der Waals surface area contributed by atoms with E-state index >= 15 is 0 Å². The first-order chi connectivity index (χ1) is 7.13. The maximum atomic E-state index is 11.3. The third-order valence-corrected chi connectivity index (χ3v) is 2.05. The Hall–Kier alpha value is -1.10. The van der Waals surface area contributed by atoms with E-state index in [1.165, 1.54) is 7.11 Å². The first kappa shape index (κ1) is 13.9. The lowest BCUT2D eigenvalue weighted by Gasteiger charge is -2.18. The molecule has 0 rings (SSSR count). The maximum absolute atomic E-state index is 11.3. The minimum Gasteiger partial charge on any atom is -0.469 e. The Morgan fingerprint density at radius 1 is 1.33 bits per heavy atom. The number of hydrogen-bond acceptors (Lipinski definition) is 4. The van der Waals surface area contributed by atoms with Crippen molar-refractivity contribution in [2.75, 3.05) is 33.3 Å². The molecule has 0 aromatic heterocycles. The molecular formula is C10H20N2O3. The maximum Gasteiger partial charge on any atom is 0.306 e. The standard InChI is InChI=1S/C10H20N2O3/c1-4-11-9(13)8-12(5-2)7-6-10(14)15-3/h4-8H2,1-3H3,(H,11,13). The van der Waals surface area contributed by atoms with E-state index < -0.39 is 0 Å². The van der Waals surface area contributed by atoms with Gasteiger partial charge >= 0.3 is 5.97 Å². The number of ether oxygens (including phenoxy) is 1. The van der Waals surface area contributed by atoms with Crippen molar-refractivity contribution in [3.05, 3.63) is 0 Å². The molecule has 0 fully saturated rings. The SMILES string of the molecule is CCNC(=O)CN(CC)CCC(=O)OC. The van der Waals surface area contributed by atoms with E-state index in [1.54, 1.807) is 0 Å². The van der Waals surface area contributed by atoms with Gasteiger partial charge in [0.05, 0.1) is 20.1 Å². The summed E-state index contributed by atoms with van der Waals surface area (Å²) in [6, 6.07) is 0. The topological polar surface area (TPSA) is 58.6 Å². The number of rotatable bonds is 7. The summed E-state index contributed by atoms with van der Waals surface area (Å²) in [7, 11) is 1.36. The van der Waals surface area contributed by atoms with E-state index in [2.05, 4.69) is 10.1 Å². The van der Waals surface area contributed by atoms with E-state index in [9.17, 15) is 9.59 Å². The molecular weight excluding hydrogens is 196 g/mol. The molecule has 0 heterocycles. The highest BCUT2D eigenvalue weighted by atomic mass is 16.5. The van der Waals surface area contributed by atoms with Crippen molar-refractivity contribution in [2.24, 2.45) is 0 Å². The monoisotopic (exact) mass is 216 g/mol. The summed E-state index contributed by atoms with van der Waals surface area (Å²) in [6.45, 7) is 6.10. The summed E-state index contributed by atoms with van der Waals surface area (Å²) in [4.78, 5) is 24.1. The Kier molecular flexibility index (Phi) is 7.62. The Balaban J connectivity index is 3.82. The van der Waals surface area contributed by atoms with Gasteiger partial charge in [0.15, 0.2) is 0 Å². The van der Waals surface area contributed by atoms with Gasteiger partial charge in [-0.2, -0.15) is 0 Å². The van der Waals surface area contributed by atoms with Gasteiger partial charge in [-0.25, -0.2) is 0 Å². The van der Waals surface area contributed by atoms with Crippen molar-refractivity contribution < 1.29 is 14.3 Å². The molecule has 5 nitrogen and oxygen atoms in total. The van der Waals surface area contributed by atoms with Crippen LogP contribution in [-0.4, -0.2) is 50.1 Å². The fourth-order valence-corrected chi connectivity index (χ4v) is 1.16.